The zero-order chi connectivity index (χ0) is 21.1. The molecule has 0 unspecified atom stereocenters. The van der Waals surface area contributed by atoms with Gasteiger partial charge in [0, 0.05) is 50.5 Å². The van der Waals surface area contributed by atoms with Crippen LogP contribution in [0.1, 0.15) is 44.3 Å². The van der Waals surface area contributed by atoms with Crippen molar-refractivity contribution in [1.29, 1.82) is 0 Å². The maximum atomic E-state index is 12.9. The first-order chi connectivity index (χ1) is 14.5. The topological polar surface area (TPSA) is 88.8 Å². The first-order valence-electron chi connectivity index (χ1n) is 10.6. The highest BCUT2D eigenvalue weighted by Gasteiger charge is 2.32. The molecule has 3 heterocycles. The molecule has 0 spiro atoms. The summed E-state index contributed by atoms with van der Waals surface area (Å²) in [6.45, 7) is 4.36. The Kier molecular flexibility index (Phi) is 6.01. The molecule has 2 amide bonds. The summed E-state index contributed by atoms with van der Waals surface area (Å²) in [7, 11) is 1.63. The summed E-state index contributed by atoms with van der Waals surface area (Å²) in [6, 6.07) is 7.55. The smallest absolute Gasteiger partial charge is 0.258 e. The van der Waals surface area contributed by atoms with Gasteiger partial charge in [-0.05, 0) is 43.9 Å². The Morgan fingerprint density at radius 2 is 1.77 bits per heavy atom. The third kappa shape index (κ3) is 4.32. The van der Waals surface area contributed by atoms with Gasteiger partial charge in [-0.15, -0.1) is 0 Å². The number of aromatic nitrogens is 2. The average Bonchev–Trinajstić information content (AvgIpc) is 3.29. The van der Waals surface area contributed by atoms with Gasteiger partial charge in [0.25, 0.3) is 5.89 Å². The van der Waals surface area contributed by atoms with Crippen LogP contribution in [0.4, 0.5) is 0 Å². The average molecular weight is 412 g/mol. The predicted molar refractivity (Wildman–Crippen MR) is 110 cm³/mol. The quantitative estimate of drug-likeness (QED) is 0.767. The Labute approximate surface area is 176 Å². The van der Waals surface area contributed by atoms with E-state index in [2.05, 4.69) is 10.1 Å². The van der Waals surface area contributed by atoms with Crippen molar-refractivity contribution >= 4 is 11.8 Å². The first kappa shape index (κ1) is 20.4. The van der Waals surface area contributed by atoms with Gasteiger partial charge in [-0.2, -0.15) is 4.98 Å². The van der Waals surface area contributed by atoms with Crippen molar-refractivity contribution in [2.45, 2.75) is 38.5 Å². The highest BCUT2D eigenvalue weighted by molar-refractivity contribution is 5.80. The fourth-order valence-corrected chi connectivity index (χ4v) is 4.33. The number of carbonyl (C=O) groups is 2. The molecule has 0 N–H and O–H groups in total. The number of hydrogen-bond acceptors (Lipinski definition) is 6. The van der Waals surface area contributed by atoms with E-state index in [9.17, 15) is 9.59 Å². The number of methoxy groups -OCH3 is 1. The fraction of sp³-hybridized carbons (Fsp3) is 0.545. The van der Waals surface area contributed by atoms with E-state index in [0.717, 1.165) is 37.0 Å². The molecular formula is C22H28N4O4. The molecule has 0 saturated carbocycles. The minimum Gasteiger partial charge on any atom is -0.497 e. The molecule has 2 aliphatic heterocycles. The van der Waals surface area contributed by atoms with E-state index in [1.807, 2.05) is 34.1 Å². The lowest BCUT2D eigenvalue weighted by molar-refractivity contribution is -0.140. The Morgan fingerprint density at radius 3 is 2.43 bits per heavy atom. The van der Waals surface area contributed by atoms with E-state index in [1.54, 1.807) is 14.0 Å². The van der Waals surface area contributed by atoms with Crippen LogP contribution < -0.4 is 4.74 Å². The molecular weight excluding hydrogens is 384 g/mol. The Morgan fingerprint density at radius 1 is 1.07 bits per heavy atom. The van der Waals surface area contributed by atoms with Crippen LogP contribution in [0.3, 0.4) is 0 Å². The number of amides is 2. The molecule has 1 aromatic carbocycles. The third-order valence-electron chi connectivity index (χ3n) is 6.22. The predicted octanol–water partition coefficient (Wildman–Crippen LogP) is 2.71. The van der Waals surface area contributed by atoms with Gasteiger partial charge in [-0.1, -0.05) is 11.2 Å². The van der Waals surface area contributed by atoms with Gasteiger partial charge < -0.3 is 19.1 Å². The molecule has 2 fully saturated rings. The highest BCUT2D eigenvalue weighted by Crippen LogP contribution is 2.30. The molecule has 2 aliphatic rings. The summed E-state index contributed by atoms with van der Waals surface area (Å²) in [5.41, 5.74) is 0.831. The third-order valence-corrected chi connectivity index (χ3v) is 6.22. The molecule has 30 heavy (non-hydrogen) atoms. The maximum absolute atomic E-state index is 12.9. The fourth-order valence-electron chi connectivity index (χ4n) is 4.33. The van der Waals surface area contributed by atoms with Gasteiger partial charge in [0.2, 0.25) is 11.8 Å². The largest absolute Gasteiger partial charge is 0.497 e. The van der Waals surface area contributed by atoms with Crippen molar-refractivity contribution in [3.8, 4) is 17.2 Å². The molecule has 0 bridgehead atoms. The van der Waals surface area contributed by atoms with Crippen molar-refractivity contribution in [2.75, 3.05) is 33.3 Å². The van der Waals surface area contributed by atoms with Gasteiger partial charge in [0.15, 0.2) is 5.82 Å². The standard InChI is InChI=1S/C22H28N4O4/c1-15(27)25-10-8-17(9-11-25)22(28)26-12-6-16(7-13-26)20-23-21(30-24-20)18-4-3-5-19(14-18)29-2/h3-5,14,16-17H,6-13H2,1-2H3. The summed E-state index contributed by atoms with van der Waals surface area (Å²) in [4.78, 5) is 32.7. The van der Waals surface area contributed by atoms with Crippen LogP contribution in [0.15, 0.2) is 28.8 Å². The molecule has 1 aromatic heterocycles. The van der Waals surface area contributed by atoms with Gasteiger partial charge in [-0.3, -0.25) is 9.59 Å². The Balaban J connectivity index is 1.32. The monoisotopic (exact) mass is 412 g/mol. The summed E-state index contributed by atoms with van der Waals surface area (Å²) in [6.07, 6.45) is 3.17. The second-order valence-electron chi connectivity index (χ2n) is 8.07. The summed E-state index contributed by atoms with van der Waals surface area (Å²) >= 11 is 0. The second kappa shape index (κ2) is 8.85. The lowest BCUT2D eigenvalue weighted by Gasteiger charge is -2.36. The van der Waals surface area contributed by atoms with Crippen molar-refractivity contribution < 1.29 is 18.8 Å². The van der Waals surface area contributed by atoms with Crippen molar-refractivity contribution in [3.05, 3.63) is 30.1 Å². The maximum Gasteiger partial charge on any atom is 0.258 e. The Hall–Kier alpha value is -2.90. The van der Waals surface area contributed by atoms with Crippen LogP contribution in [-0.4, -0.2) is 65.0 Å². The minimum absolute atomic E-state index is 0.0296. The lowest BCUT2D eigenvalue weighted by atomic mass is 9.91. The van der Waals surface area contributed by atoms with E-state index in [0.29, 0.717) is 37.9 Å². The van der Waals surface area contributed by atoms with Gasteiger partial charge in [0.1, 0.15) is 5.75 Å². The summed E-state index contributed by atoms with van der Waals surface area (Å²) in [5.74, 6) is 2.47. The number of carbonyl (C=O) groups excluding carboxylic acids is 2. The van der Waals surface area contributed by atoms with E-state index >= 15 is 0 Å². The number of ether oxygens (including phenoxy) is 1. The molecule has 160 valence electrons. The number of piperidine rings is 2. The molecule has 4 rings (SSSR count). The first-order valence-corrected chi connectivity index (χ1v) is 10.6. The second-order valence-corrected chi connectivity index (χ2v) is 8.07. The number of likely N-dealkylation sites (tertiary alicyclic amines) is 2. The SMILES string of the molecule is COc1cccc(-c2nc(C3CCN(C(=O)C4CCN(C(C)=O)CC4)CC3)no2)c1. The van der Waals surface area contributed by atoms with E-state index < -0.39 is 0 Å². The molecule has 2 aromatic rings. The van der Waals surface area contributed by atoms with Crippen LogP contribution in [-0.2, 0) is 9.59 Å². The summed E-state index contributed by atoms with van der Waals surface area (Å²) < 4.78 is 10.7. The molecule has 0 atom stereocenters. The highest BCUT2D eigenvalue weighted by atomic mass is 16.5. The number of hydrogen-bond donors (Lipinski definition) is 0. The van der Waals surface area contributed by atoms with Crippen LogP contribution in [0.2, 0.25) is 0 Å². The zero-order valence-electron chi connectivity index (χ0n) is 17.5. The van der Waals surface area contributed by atoms with E-state index in [1.165, 1.54) is 0 Å². The van der Waals surface area contributed by atoms with Crippen LogP contribution in [0.25, 0.3) is 11.5 Å². The minimum atomic E-state index is 0.0296. The summed E-state index contributed by atoms with van der Waals surface area (Å²) in [5, 5.41) is 4.19. The number of benzene rings is 1. The van der Waals surface area contributed by atoms with E-state index in [-0.39, 0.29) is 23.7 Å². The molecule has 0 radical (unpaired) electrons. The number of nitrogens with zero attached hydrogens (tertiary/aromatic N) is 4. The van der Waals surface area contributed by atoms with Gasteiger partial charge in [0.05, 0.1) is 7.11 Å². The normalized spacial score (nSPS) is 18.5. The van der Waals surface area contributed by atoms with Crippen molar-refractivity contribution in [2.24, 2.45) is 5.92 Å². The van der Waals surface area contributed by atoms with Crippen molar-refractivity contribution in [1.82, 2.24) is 19.9 Å². The van der Waals surface area contributed by atoms with Crippen LogP contribution >= 0.6 is 0 Å². The van der Waals surface area contributed by atoms with Gasteiger partial charge in [-0.25, -0.2) is 0 Å². The molecule has 2 saturated heterocycles. The van der Waals surface area contributed by atoms with Crippen LogP contribution in [0.5, 0.6) is 5.75 Å². The lowest BCUT2D eigenvalue weighted by Crippen LogP contribution is -2.46. The van der Waals surface area contributed by atoms with E-state index in [4.69, 9.17) is 9.26 Å². The van der Waals surface area contributed by atoms with Crippen LogP contribution in [0, 0.1) is 5.92 Å². The molecule has 0 aliphatic carbocycles. The Bertz CT molecular complexity index is 896. The van der Waals surface area contributed by atoms with Gasteiger partial charge >= 0.3 is 0 Å². The molecule has 8 heteroatoms. The number of rotatable bonds is 4. The molecule has 8 nitrogen and oxygen atoms in total. The zero-order valence-corrected chi connectivity index (χ0v) is 17.5. The van der Waals surface area contributed by atoms with Crippen molar-refractivity contribution in [3.63, 3.8) is 0 Å².